The van der Waals surface area contributed by atoms with E-state index in [9.17, 15) is 46.6 Å². The predicted molar refractivity (Wildman–Crippen MR) is 274 cm³/mol. The number of aliphatic hydroxyl groups is 1. The number of carbonyl (C=O) groups excluding carboxylic acids is 5. The van der Waals surface area contributed by atoms with Crippen molar-refractivity contribution in [2.24, 2.45) is 5.41 Å². The number of ketones is 2. The topological polar surface area (TPSA) is 188 Å². The Balaban J connectivity index is 0.890. The highest BCUT2D eigenvalue weighted by Crippen LogP contribution is 2.41. The molecule has 14 nitrogen and oxygen atoms in total. The Morgan fingerprint density at radius 1 is 0.944 bits per heavy atom. The standard InChI is InChI=1S/C52H63F4IN6O8S/c1-31-46(72-30-60-31)32-12-13-33(26-59-48(67)41-25-36(65)27-63(41)49(68)47(51(2,3)4)62-50(69)52(56)18-19-52)43(23-32)71-28-35(64)11-8-6-5-7-9-20-58-21-10-22-70-29-42(66)37-15-16-38(53)44(55)45(37)61-40-17-14-34(57)24-39(40)54/h12-17,23-24,30,36,41,47,58,61,65H,5-11,18-22,25-29H2,1-4H3,(H,59,67)(H,62,69)/t36-,41?,47-/m1/s1. The summed E-state index contributed by atoms with van der Waals surface area (Å²) in [7, 11) is 0. The minimum Gasteiger partial charge on any atom is -0.485 e. The number of thiazole rings is 1. The number of amides is 3. The summed E-state index contributed by atoms with van der Waals surface area (Å²) in [5, 5.41) is 21.9. The third-order valence-corrected chi connectivity index (χ3v) is 14.2. The van der Waals surface area contributed by atoms with Crippen molar-refractivity contribution in [2.75, 3.05) is 44.8 Å². The van der Waals surface area contributed by atoms with Crippen molar-refractivity contribution in [1.82, 2.24) is 25.8 Å². The highest BCUT2D eigenvalue weighted by molar-refractivity contribution is 14.1. The maximum Gasteiger partial charge on any atom is 0.258 e. The number of alkyl halides is 1. The Kier molecular flexibility index (Phi) is 20.1. The van der Waals surface area contributed by atoms with Crippen LogP contribution in [0.15, 0.2) is 54.0 Å². The number of Topliss-reactive ketones (excluding diaryl/α,β-unsaturated/α-hetero) is 2. The molecule has 0 radical (unpaired) electrons. The molecule has 3 amide bonds. The number of likely N-dealkylation sites (tertiary alicyclic amines) is 1. The number of carbonyl (C=O) groups is 5. The van der Waals surface area contributed by atoms with Crippen molar-refractivity contribution >= 4 is 74.6 Å². The second-order valence-electron chi connectivity index (χ2n) is 19.4. The number of hydrogen-bond donors (Lipinski definition) is 5. The van der Waals surface area contributed by atoms with Crippen LogP contribution in [-0.4, -0.2) is 108 Å². The number of unbranched alkanes of at least 4 members (excludes halogenated alkanes) is 4. The van der Waals surface area contributed by atoms with Gasteiger partial charge in [0, 0.05) is 47.2 Å². The lowest BCUT2D eigenvalue weighted by Gasteiger charge is -2.35. The van der Waals surface area contributed by atoms with Crippen molar-refractivity contribution in [1.29, 1.82) is 0 Å². The predicted octanol–water partition coefficient (Wildman–Crippen LogP) is 8.66. The lowest BCUT2D eigenvalue weighted by atomic mass is 9.85. The molecule has 6 rings (SSSR count). The van der Waals surface area contributed by atoms with Crippen LogP contribution in [-0.2, 0) is 30.5 Å². The fraction of sp³-hybridized carbons (Fsp3) is 0.500. The number of aliphatic hydroxyl groups excluding tert-OH is 1. The molecule has 3 aromatic carbocycles. The van der Waals surface area contributed by atoms with Crippen LogP contribution in [0.3, 0.4) is 0 Å². The normalized spacial score (nSPS) is 16.6. The smallest absolute Gasteiger partial charge is 0.258 e. The Labute approximate surface area is 434 Å². The fourth-order valence-corrected chi connectivity index (χ4v) is 9.46. The van der Waals surface area contributed by atoms with Crippen LogP contribution in [0.25, 0.3) is 10.4 Å². The minimum atomic E-state index is -2.00. The first-order chi connectivity index (χ1) is 34.2. The number of rotatable bonds is 27. The number of β-amino-alcohol motifs (C(OH)–C–C–N with tert-alkyl or cyclic N) is 1. The van der Waals surface area contributed by atoms with Crippen LogP contribution < -0.4 is 26.0 Å². The summed E-state index contributed by atoms with van der Waals surface area (Å²) in [6, 6.07) is 9.50. The number of ether oxygens (including phenoxy) is 2. The number of aromatic nitrogens is 1. The van der Waals surface area contributed by atoms with Crippen molar-refractivity contribution in [3.63, 3.8) is 0 Å². The van der Waals surface area contributed by atoms with E-state index in [2.05, 4.69) is 26.3 Å². The molecule has 0 spiro atoms. The molecule has 2 heterocycles. The molecular weight excluding hydrogens is 1070 g/mol. The zero-order valence-corrected chi connectivity index (χ0v) is 43.9. The van der Waals surface area contributed by atoms with Gasteiger partial charge in [-0.3, -0.25) is 24.0 Å². The average molecular weight is 1140 g/mol. The molecule has 1 aliphatic heterocycles. The lowest BCUT2D eigenvalue weighted by Crippen LogP contribution is -2.59. The van der Waals surface area contributed by atoms with Gasteiger partial charge in [-0.2, -0.15) is 0 Å². The Hall–Kier alpha value is -5.03. The second-order valence-corrected chi connectivity index (χ2v) is 21.5. The maximum absolute atomic E-state index is 14.7. The molecule has 3 atom stereocenters. The van der Waals surface area contributed by atoms with Crippen molar-refractivity contribution in [2.45, 2.75) is 122 Å². The van der Waals surface area contributed by atoms with Crippen molar-refractivity contribution in [3.8, 4) is 16.2 Å². The summed E-state index contributed by atoms with van der Waals surface area (Å²) >= 11 is 3.38. The van der Waals surface area contributed by atoms with E-state index in [0.717, 1.165) is 60.5 Å². The van der Waals surface area contributed by atoms with E-state index in [1.807, 2.05) is 41.6 Å². The first-order valence-corrected chi connectivity index (χ1v) is 26.2. The quantitative estimate of drug-likeness (QED) is 0.0166. The molecule has 5 N–H and O–H groups in total. The van der Waals surface area contributed by atoms with Crippen molar-refractivity contribution in [3.05, 3.63) is 91.9 Å². The van der Waals surface area contributed by atoms with Gasteiger partial charge < -0.3 is 40.7 Å². The number of halogens is 5. The third-order valence-electron chi connectivity index (χ3n) is 12.5. The fourth-order valence-electron chi connectivity index (χ4n) is 8.20. The molecule has 390 valence electrons. The van der Waals surface area contributed by atoms with Crippen LogP contribution in [0, 0.1) is 33.4 Å². The molecule has 1 unspecified atom stereocenters. The van der Waals surface area contributed by atoms with E-state index in [1.165, 1.54) is 28.4 Å². The van der Waals surface area contributed by atoms with E-state index in [4.69, 9.17) is 9.47 Å². The highest BCUT2D eigenvalue weighted by atomic mass is 127. The average Bonchev–Trinajstić information content (AvgIpc) is 3.74. The van der Waals surface area contributed by atoms with E-state index in [0.29, 0.717) is 40.7 Å². The summed E-state index contributed by atoms with van der Waals surface area (Å²) in [4.78, 5) is 72.8. The summed E-state index contributed by atoms with van der Waals surface area (Å²) in [6.07, 6.45) is 4.46. The van der Waals surface area contributed by atoms with Gasteiger partial charge >= 0.3 is 0 Å². The molecule has 1 saturated heterocycles. The van der Waals surface area contributed by atoms with E-state index >= 15 is 0 Å². The Bertz CT molecular complexity index is 2570. The van der Waals surface area contributed by atoms with Crippen LogP contribution in [0.2, 0.25) is 0 Å². The molecule has 2 aliphatic rings. The van der Waals surface area contributed by atoms with Crippen LogP contribution in [0.4, 0.5) is 28.9 Å². The largest absolute Gasteiger partial charge is 0.485 e. The summed E-state index contributed by atoms with van der Waals surface area (Å²) in [5.74, 6) is -5.37. The SMILES string of the molecule is Cc1ncsc1-c1ccc(CNC(=O)C2C[C@@H](O)CN2C(=O)[C@@H](NC(=O)C2(F)CC2)C(C)(C)C)c(OCC(=O)CCCCCCCNCCCOCC(=O)c2ccc(F)c(F)c2Nc2ccc(I)cc2F)c1. The zero-order valence-electron chi connectivity index (χ0n) is 40.9. The zero-order chi connectivity index (χ0) is 52.2. The van der Waals surface area contributed by atoms with Gasteiger partial charge in [0.1, 0.15) is 36.9 Å². The van der Waals surface area contributed by atoms with Crippen LogP contribution >= 0.6 is 33.9 Å². The molecule has 4 aromatic rings. The third kappa shape index (κ3) is 15.5. The van der Waals surface area contributed by atoms with Gasteiger partial charge in [0.15, 0.2) is 28.9 Å². The van der Waals surface area contributed by atoms with Gasteiger partial charge in [-0.25, -0.2) is 22.5 Å². The molecule has 1 aliphatic carbocycles. The van der Waals surface area contributed by atoms with E-state index in [1.54, 1.807) is 38.4 Å². The second kappa shape index (κ2) is 25.8. The summed E-state index contributed by atoms with van der Waals surface area (Å²) in [5.41, 5.74) is 0.463. The van der Waals surface area contributed by atoms with Crippen LogP contribution in [0.1, 0.15) is 107 Å². The van der Waals surface area contributed by atoms with Gasteiger partial charge in [0.25, 0.3) is 5.91 Å². The molecule has 72 heavy (non-hydrogen) atoms. The summed E-state index contributed by atoms with van der Waals surface area (Å²) in [6.45, 7) is 8.09. The van der Waals surface area contributed by atoms with Gasteiger partial charge in [0.2, 0.25) is 11.8 Å². The number of benzene rings is 3. The first kappa shape index (κ1) is 56.3. The van der Waals surface area contributed by atoms with Gasteiger partial charge in [0.05, 0.1) is 33.6 Å². The molecule has 1 saturated carbocycles. The number of aryl methyl sites for hydroxylation is 1. The lowest BCUT2D eigenvalue weighted by molar-refractivity contribution is -0.145. The minimum absolute atomic E-state index is 0.00624. The monoisotopic (exact) mass is 1130 g/mol. The molecule has 20 heteroatoms. The Morgan fingerprint density at radius 2 is 1.68 bits per heavy atom. The number of nitrogens with zero attached hydrogens (tertiary/aromatic N) is 2. The highest BCUT2D eigenvalue weighted by Gasteiger charge is 2.53. The molecular formula is C52H63F4IN6O8S. The molecule has 2 fully saturated rings. The van der Waals surface area contributed by atoms with Gasteiger partial charge in [-0.1, -0.05) is 52.2 Å². The molecule has 1 aromatic heterocycles. The van der Waals surface area contributed by atoms with Crippen molar-refractivity contribution < 1.29 is 56.1 Å². The number of hydrogen-bond acceptors (Lipinski definition) is 12. The van der Waals surface area contributed by atoms with Gasteiger partial charge in [-0.05, 0) is 122 Å². The summed E-state index contributed by atoms with van der Waals surface area (Å²) < 4.78 is 70.1. The van der Waals surface area contributed by atoms with E-state index in [-0.39, 0.29) is 69.2 Å². The first-order valence-electron chi connectivity index (χ1n) is 24.2. The van der Waals surface area contributed by atoms with Gasteiger partial charge in [-0.15, -0.1) is 11.3 Å². The van der Waals surface area contributed by atoms with Crippen LogP contribution in [0.5, 0.6) is 5.75 Å². The maximum atomic E-state index is 14.7. The Morgan fingerprint density at radius 3 is 2.39 bits per heavy atom. The number of anilines is 2. The molecule has 0 bridgehead atoms. The van der Waals surface area contributed by atoms with E-state index < -0.39 is 75.9 Å². The number of nitrogens with one attached hydrogen (secondary N) is 4.